The first-order chi connectivity index (χ1) is 9.13. The summed E-state index contributed by atoms with van der Waals surface area (Å²) in [5, 5.41) is 3.84. The van der Waals surface area contributed by atoms with Crippen molar-refractivity contribution in [3.63, 3.8) is 0 Å². The van der Waals surface area contributed by atoms with Crippen molar-refractivity contribution in [3.8, 4) is 0 Å². The monoisotopic (exact) mass is 275 g/mol. The van der Waals surface area contributed by atoms with Gasteiger partial charge in [0.2, 0.25) is 0 Å². The molecule has 1 heterocycles. The molecule has 1 aromatic carbocycles. The van der Waals surface area contributed by atoms with Crippen molar-refractivity contribution >= 4 is 17.4 Å². The normalized spacial score (nSPS) is 12.2. The number of aryl methyl sites for hydroxylation is 2. The quantitative estimate of drug-likeness (QED) is 0.842. The summed E-state index contributed by atoms with van der Waals surface area (Å²) in [5.41, 5.74) is 1.35. The zero-order valence-electron chi connectivity index (χ0n) is 11.2. The molecule has 0 saturated heterocycles. The molecule has 100 valence electrons. The molecule has 0 spiro atoms. The van der Waals surface area contributed by atoms with E-state index in [0.717, 1.165) is 18.7 Å². The van der Waals surface area contributed by atoms with Crippen LogP contribution in [0.5, 0.6) is 0 Å². The van der Waals surface area contributed by atoms with Crippen LogP contribution in [0.25, 0.3) is 0 Å². The zero-order chi connectivity index (χ0) is 13.7. The Bertz CT molecular complexity index is 508. The minimum Gasteiger partial charge on any atom is -0.367 e. The Labute approximate surface area is 119 Å². The fourth-order valence-electron chi connectivity index (χ4n) is 1.96. The van der Waals surface area contributed by atoms with Crippen LogP contribution in [0, 0.1) is 6.92 Å². The third-order valence-electron chi connectivity index (χ3n) is 2.91. The Morgan fingerprint density at radius 2 is 1.95 bits per heavy atom. The lowest BCUT2D eigenvalue weighted by Crippen LogP contribution is -2.17. The van der Waals surface area contributed by atoms with Gasteiger partial charge >= 0.3 is 0 Å². The molecule has 3 nitrogen and oxygen atoms in total. The van der Waals surface area contributed by atoms with Crippen LogP contribution in [-0.4, -0.2) is 16.0 Å². The molecule has 0 saturated carbocycles. The first-order valence-corrected chi connectivity index (χ1v) is 6.83. The number of hydrogen-bond donors (Lipinski definition) is 1. The van der Waals surface area contributed by atoms with E-state index in [9.17, 15) is 0 Å². The maximum Gasteiger partial charge on any atom is 0.134 e. The van der Waals surface area contributed by atoms with Crippen LogP contribution in [0.15, 0.2) is 36.4 Å². The van der Waals surface area contributed by atoms with Crippen LogP contribution in [0.2, 0.25) is 5.15 Å². The molecular weight excluding hydrogens is 258 g/mol. The lowest BCUT2D eigenvalue weighted by atomic mass is 10.1. The SMILES string of the molecule is Cc1nc(Cl)cc(NC(C)CCc2ccccc2)n1. The molecule has 0 fully saturated rings. The first-order valence-electron chi connectivity index (χ1n) is 6.45. The third-order valence-corrected chi connectivity index (χ3v) is 3.10. The zero-order valence-corrected chi connectivity index (χ0v) is 12.0. The van der Waals surface area contributed by atoms with Crippen LogP contribution in [-0.2, 0) is 6.42 Å². The summed E-state index contributed by atoms with van der Waals surface area (Å²) in [6.45, 7) is 3.99. The molecule has 0 bridgehead atoms. The molecule has 1 aromatic heterocycles. The van der Waals surface area contributed by atoms with Gasteiger partial charge < -0.3 is 5.32 Å². The van der Waals surface area contributed by atoms with Crippen molar-refractivity contribution in [1.82, 2.24) is 9.97 Å². The molecule has 2 rings (SSSR count). The molecule has 0 aliphatic heterocycles. The van der Waals surface area contributed by atoms with Gasteiger partial charge in [-0.2, -0.15) is 0 Å². The summed E-state index contributed by atoms with van der Waals surface area (Å²) in [4.78, 5) is 8.37. The summed E-state index contributed by atoms with van der Waals surface area (Å²) < 4.78 is 0. The summed E-state index contributed by atoms with van der Waals surface area (Å²) in [7, 11) is 0. The molecule has 0 radical (unpaired) electrons. The van der Waals surface area contributed by atoms with Gasteiger partial charge in [0.25, 0.3) is 0 Å². The van der Waals surface area contributed by atoms with E-state index in [1.54, 1.807) is 6.07 Å². The fourth-order valence-corrected chi connectivity index (χ4v) is 2.18. The molecule has 19 heavy (non-hydrogen) atoms. The van der Waals surface area contributed by atoms with E-state index in [0.29, 0.717) is 17.0 Å². The van der Waals surface area contributed by atoms with Crippen molar-refractivity contribution in [3.05, 3.63) is 52.9 Å². The van der Waals surface area contributed by atoms with Crippen molar-refractivity contribution in [2.75, 3.05) is 5.32 Å². The van der Waals surface area contributed by atoms with Crippen LogP contribution in [0.4, 0.5) is 5.82 Å². The number of nitrogens with one attached hydrogen (secondary N) is 1. The van der Waals surface area contributed by atoms with Crippen molar-refractivity contribution in [2.45, 2.75) is 32.7 Å². The summed E-state index contributed by atoms with van der Waals surface area (Å²) in [5.74, 6) is 1.48. The molecule has 1 unspecified atom stereocenters. The Hall–Kier alpha value is -1.61. The highest BCUT2D eigenvalue weighted by Gasteiger charge is 2.05. The second-order valence-corrected chi connectivity index (χ2v) is 5.08. The summed E-state index contributed by atoms with van der Waals surface area (Å²) >= 11 is 5.92. The van der Waals surface area contributed by atoms with Gasteiger partial charge in [0.15, 0.2) is 0 Å². The van der Waals surface area contributed by atoms with Gasteiger partial charge in [-0.3, -0.25) is 0 Å². The van der Waals surface area contributed by atoms with E-state index in [1.807, 2.05) is 13.0 Å². The minimum atomic E-state index is 0.338. The van der Waals surface area contributed by atoms with E-state index in [2.05, 4.69) is 46.5 Å². The van der Waals surface area contributed by atoms with Gasteiger partial charge in [0, 0.05) is 12.1 Å². The fraction of sp³-hybridized carbons (Fsp3) is 0.333. The number of hydrogen-bond acceptors (Lipinski definition) is 3. The second kappa shape index (κ2) is 6.53. The molecule has 1 N–H and O–H groups in total. The lowest BCUT2D eigenvalue weighted by Gasteiger charge is -2.14. The molecular formula is C15H18ClN3. The molecule has 2 aromatic rings. The van der Waals surface area contributed by atoms with E-state index in [-0.39, 0.29) is 0 Å². The maximum atomic E-state index is 5.92. The predicted molar refractivity (Wildman–Crippen MR) is 79.6 cm³/mol. The Morgan fingerprint density at radius 3 is 2.63 bits per heavy atom. The number of aromatic nitrogens is 2. The van der Waals surface area contributed by atoms with Gasteiger partial charge in [0.1, 0.15) is 16.8 Å². The maximum absolute atomic E-state index is 5.92. The molecule has 0 aliphatic carbocycles. The molecule has 0 amide bonds. The van der Waals surface area contributed by atoms with Crippen molar-refractivity contribution in [2.24, 2.45) is 0 Å². The van der Waals surface area contributed by atoms with Crippen molar-refractivity contribution in [1.29, 1.82) is 0 Å². The molecule has 0 aliphatic rings. The van der Waals surface area contributed by atoms with Crippen LogP contribution >= 0.6 is 11.6 Å². The largest absolute Gasteiger partial charge is 0.367 e. The summed E-state index contributed by atoms with van der Waals surface area (Å²) in [6.07, 6.45) is 2.09. The number of benzene rings is 1. The average molecular weight is 276 g/mol. The first kappa shape index (κ1) is 13.8. The number of anilines is 1. The van der Waals surface area contributed by atoms with Gasteiger partial charge in [-0.05, 0) is 32.3 Å². The Morgan fingerprint density at radius 1 is 1.21 bits per heavy atom. The second-order valence-electron chi connectivity index (χ2n) is 4.69. The predicted octanol–water partition coefficient (Wildman–Crippen LogP) is 3.87. The minimum absolute atomic E-state index is 0.338. The van der Waals surface area contributed by atoms with Crippen LogP contribution in [0.1, 0.15) is 24.7 Å². The van der Waals surface area contributed by atoms with Gasteiger partial charge in [-0.15, -0.1) is 0 Å². The topological polar surface area (TPSA) is 37.8 Å². The lowest BCUT2D eigenvalue weighted by molar-refractivity contribution is 0.702. The third kappa shape index (κ3) is 4.52. The Balaban J connectivity index is 1.89. The average Bonchev–Trinajstić information content (AvgIpc) is 2.36. The molecule has 1 atom stereocenters. The van der Waals surface area contributed by atoms with E-state index in [4.69, 9.17) is 11.6 Å². The Kier molecular flexibility index (Phi) is 4.74. The van der Waals surface area contributed by atoms with Crippen LogP contribution < -0.4 is 5.32 Å². The van der Waals surface area contributed by atoms with E-state index >= 15 is 0 Å². The van der Waals surface area contributed by atoms with E-state index in [1.165, 1.54) is 5.56 Å². The standard InChI is InChI=1S/C15H18ClN3/c1-11(8-9-13-6-4-3-5-7-13)17-15-10-14(16)18-12(2)19-15/h3-7,10-11H,8-9H2,1-2H3,(H,17,18,19). The van der Waals surface area contributed by atoms with Gasteiger partial charge in [-0.25, -0.2) is 9.97 Å². The highest BCUT2D eigenvalue weighted by Crippen LogP contribution is 2.14. The van der Waals surface area contributed by atoms with E-state index < -0.39 is 0 Å². The highest BCUT2D eigenvalue weighted by molar-refractivity contribution is 6.29. The highest BCUT2D eigenvalue weighted by atomic mass is 35.5. The number of halogens is 1. The smallest absolute Gasteiger partial charge is 0.134 e. The number of nitrogens with zero attached hydrogens (tertiary/aromatic N) is 2. The molecule has 4 heteroatoms. The van der Waals surface area contributed by atoms with Crippen LogP contribution in [0.3, 0.4) is 0 Å². The number of rotatable bonds is 5. The van der Waals surface area contributed by atoms with Gasteiger partial charge in [0.05, 0.1) is 0 Å². The van der Waals surface area contributed by atoms with Gasteiger partial charge in [-0.1, -0.05) is 41.9 Å². The summed E-state index contributed by atoms with van der Waals surface area (Å²) in [6, 6.07) is 12.6. The van der Waals surface area contributed by atoms with Crippen molar-refractivity contribution < 1.29 is 0 Å².